The van der Waals surface area contributed by atoms with E-state index in [1.807, 2.05) is 19.9 Å². The second-order valence-corrected chi connectivity index (χ2v) is 6.82. The van der Waals surface area contributed by atoms with Gasteiger partial charge in [-0.05, 0) is 44.0 Å². The van der Waals surface area contributed by atoms with Crippen LogP contribution in [0, 0.1) is 25.5 Å². The number of hydrogen-bond acceptors (Lipinski definition) is 4. The van der Waals surface area contributed by atoms with E-state index in [9.17, 15) is 8.78 Å². The first-order valence-electron chi connectivity index (χ1n) is 8.26. The van der Waals surface area contributed by atoms with Crippen molar-refractivity contribution in [2.45, 2.75) is 38.9 Å². The summed E-state index contributed by atoms with van der Waals surface area (Å²) >= 11 is 0. The van der Waals surface area contributed by atoms with Gasteiger partial charge in [-0.2, -0.15) is 0 Å². The second kappa shape index (κ2) is 5.77. The van der Waals surface area contributed by atoms with Gasteiger partial charge in [0, 0.05) is 43.1 Å². The Hall–Kier alpha value is -2.08. The Kier molecular flexibility index (Phi) is 3.72. The summed E-state index contributed by atoms with van der Waals surface area (Å²) in [7, 11) is 0. The average molecular weight is 330 g/mol. The van der Waals surface area contributed by atoms with Crippen molar-refractivity contribution in [1.82, 2.24) is 14.9 Å². The predicted molar refractivity (Wildman–Crippen MR) is 87.8 cm³/mol. The highest BCUT2D eigenvalue weighted by atomic mass is 19.2. The lowest BCUT2D eigenvalue weighted by atomic mass is 9.87. The topological polar surface area (TPSA) is 32.3 Å². The van der Waals surface area contributed by atoms with Crippen LogP contribution in [0.5, 0.6) is 0 Å². The van der Waals surface area contributed by atoms with Gasteiger partial charge in [0.05, 0.1) is 0 Å². The fraction of sp³-hybridized carbons (Fsp3) is 0.444. The molecule has 2 bridgehead atoms. The maximum Gasteiger partial charge on any atom is 0.225 e. The van der Waals surface area contributed by atoms with Crippen molar-refractivity contribution < 1.29 is 8.78 Å². The molecule has 4 heterocycles. The third kappa shape index (κ3) is 2.75. The van der Waals surface area contributed by atoms with Crippen molar-refractivity contribution in [2.75, 3.05) is 18.0 Å². The summed E-state index contributed by atoms with van der Waals surface area (Å²) in [5.41, 5.74) is 2.78. The molecule has 0 aliphatic carbocycles. The Morgan fingerprint density at radius 3 is 2.29 bits per heavy atom. The Morgan fingerprint density at radius 2 is 1.67 bits per heavy atom. The van der Waals surface area contributed by atoms with Crippen LogP contribution in [0.1, 0.15) is 23.4 Å². The van der Waals surface area contributed by atoms with Crippen molar-refractivity contribution >= 4 is 5.95 Å². The van der Waals surface area contributed by atoms with Gasteiger partial charge < -0.3 is 4.90 Å². The zero-order valence-corrected chi connectivity index (χ0v) is 13.8. The monoisotopic (exact) mass is 330 g/mol. The van der Waals surface area contributed by atoms with Gasteiger partial charge >= 0.3 is 0 Å². The molecule has 0 radical (unpaired) electrons. The maximum absolute atomic E-state index is 13.4. The Bertz CT molecular complexity index is 747. The van der Waals surface area contributed by atoms with Crippen LogP contribution in [-0.2, 0) is 6.54 Å². The van der Waals surface area contributed by atoms with Crippen LogP contribution in [-0.4, -0.2) is 40.0 Å². The van der Waals surface area contributed by atoms with Crippen LogP contribution in [0.15, 0.2) is 24.3 Å². The van der Waals surface area contributed by atoms with E-state index in [0.717, 1.165) is 42.4 Å². The summed E-state index contributed by atoms with van der Waals surface area (Å²) < 4.78 is 26.4. The number of piperazine rings is 1. The van der Waals surface area contributed by atoms with Crippen molar-refractivity contribution in [3.8, 4) is 0 Å². The first-order chi connectivity index (χ1) is 11.5. The lowest BCUT2D eigenvalue weighted by Crippen LogP contribution is -2.68. The molecular formula is C18H20F2N4. The number of hydrogen-bond donors (Lipinski definition) is 0. The van der Waals surface area contributed by atoms with E-state index in [4.69, 9.17) is 0 Å². The summed E-state index contributed by atoms with van der Waals surface area (Å²) in [5, 5.41) is 0. The number of anilines is 1. The van der Waals surface area contributed by atoms with Gasteiger partial charge in [-0.3, -0.25) is 4.90 Å². The quantitative estimate of drug-likeness (QED) is 0.866. The van der Waals surface area contributed by atoms with E-state index in [2.05, 4.69) is 19.8 Å². The summed E-state index contributed by atoms with van der Waals surface area (Å²) in [4.78, 5) is 13.7. The molecule has 0 spiro atoms. The molecule has 2 unspecified atom stereocenters. The number of fused-ring (bicyclic) bond motifs is 2. The molecule has 0 amide bonds. The number of halogens is 2. The largest absolute Gasteiger partial charge is 0.338 e. The van der Waals surface area contributed by atoms with Gasteiger partial charge in [-0.1, -0.05) is 6.07 Å². The Balaban J connectivity index is 1.45. The lowest BCUT2D eigenvalue weighted by Gasteiger charge is -2.56. The number of aromatic nitrogens is 2. The van der Waals surface area contributed by atoms with E-state index >= 15 is 0 Å². The molecule has 6 heteroatoms. The zero-order valence-electron chi connectivity index (χ0n) is 13.8. The zero-order chi connectivity index (χ0) is 16.8. The van der Waals surface area contributed by atoms with Gasteiger partial charge in [0.15, 0.2) is 11.6 Å². The fourth-order valence-electron chi connectivity index (χ4n) is 3.81. The van der Waals surface area contributed by atoms with Crippen molar-refractivity contribution in [3.05, 3.63) is 52.9 Å². The van der Waals surface area contributed by atoms with Gasteiger partial charge in [-0.25, -0.2) is 18.7 Å². The van der Waals surface area contributed by atoms with Gasteiger partial charge in [0.25, 0.3) is 0 Å². The van der Waals surface area contributed by atoms with Crippen LogP contribution >= 0.6 is 0 Å². The minimum absolute atomic E-state index is 0.418. The van der Waals surface area contributed by atoms with Crippen LogP contribution in [0.4, 0.5) is 14.7 Å². The minimum atomic E-state index is -0.791. The van der Waals surface area contributed by atoms with Crippen LogP contribution in [0.3, 0.4) is 0 Å². The highest BCUT2D eigenvalue weighted by molar-refractivity contribution is 5.36. The molecule has 3 aliphatic heterocycles. The molecule has 0 N–H and O–H groups in total. The highest BCUT2D eigenvalue weighted by Gasteiger charge is 2.45. The molecule has 0 saturated carbocycles. The first-order valence-corrected chi connectivity index (χ1v) is 8.26. The average Bonchev–Trinajstić information content (AvgIpc) is 2.55. The lowest BCUT2D eigenvalue weighted by molar-refractivity contribution is -0.00905. The smallest absolute Gasteiger partial charge is 0.225 e. The summed E-state index contributed by atoms with van der Waals surface area (Å²) in [5.74, 6) is -0.765. The summed E-state index contributed by atoms with van der Waals surface area (Å²) in [6.45, 7) is 6.39. The van der Waals surface area contributed by atoms with E-state index in [0.29, 0.717) is 18.6 Å². The van der Waals surface area contributed by atoms with E-state index < -0.39 is 11.6 Å². The number of benzene rings is 1. The first kappa shape index (κ1) is 15.4. The van der Waals surface area contributed by atoms with Crippen molar-refractivity contribution in [1.29, 1.82) is 0 Å². The summed E-state index contributed by atoms with van der Waals surface area (Å²) in [6, 6.07) is 6.98. The predicted octanol–water partition coefficient (Wildman–Crippen LogP) is 2.83. The number of rotatable bonds is 3. The van der Waals surface area contributed by atoms with Gasteiger partial charge in [-0.15, -0.1) is 0 Å². The molecule has 1 aromatic carbocycles. The number of nitrogens with zero attached hydrogens (tertiary/aromatic N) is 4. The van der Waals surface area contributed by atoms with Crippen LogP contribution in [0.2, 0.25) is 0 Å². The molecule has 24 heavy (non-hydrogen) atoms. The third-order valence-electron chi connectivity index (χ3n) is 4.95. The third-order valence-corrected chi connectivity index (χ3v) is 4.95. The molecule has 5 rings (SSSR count). The molecule has 126 valence electrons. The molecule has 3 fully saturated rings. The van der Waals surface area contributed by atoms with Gasteiger partial charge in [0.2, 0.25) is 5.95 Å². The van der Waals surface area contributed by atoms with Crippen LogP contribution in [0.25, 0.3) is 0 Å². The van der Waals surface area contributed by atoms with Gasteiger partial charge in [0.1, 0.15) is 0 Å². The van der Waals surface area contributed by atoms with E-state index in [1.165, 1.54) is 12.1 Å². The fourth-order valence-corrected chi connectivity index (χ4v) is 3.81. The molecular weight excluding hydrogens is 310 g/mol. The molecule has 3 aliphatic rings. The van der Waals surface area contributed by atoms with E-state index in [1.54, 1.807) is 6.07 Å². The standard InChI is InChI=1S/C18H20F2N4/c1-11-5-12(2)22-18(21-11)23-9-14-7-15(10-23)24(14)8-13-3-4-16(19)17(20)6-13/h3-6,14-15H,7-10H2,1-2H3. The maximum atomic E-state index is 13.4. The molecule has 3 saturated heterocycles. The number of piperidine rings is 1. The molecule has 1 aromatic heterocycles. The molecule has 2 atom stereocenters. The van der Waals surface area contributed by atoms with Crippen molar-refractivity contribution in [3.63, 3.8) is 0 Å². The van der Waals surface area contributed by atoms with Crippen LogP contribution < -0.4 is 4.90 Å². The molecule has 4 nitrogen and oxygen atoms in total. The van der Waals surface area contributed by atoms with E-state index in [-0.39, 0.29) is 0 Å². The Morgan fingerprint density at radius 1 is 1.00 bits per heavy atom. The van der Waals surface area contributed by atoms with Crippen molar-refractivity contribution in [2.24, 2.45) is 0 Å². The normalized spacial score (nSPS) is 23.2. The summed E-state index contributed by atoms with van der Waals surface area (Å²) in [6.07, 6.45) is 1.14. The molecule has 2 aromatic rings. The SMILES string of the molecule is Cc1cc(C)nc(N2CC3CC(C2)N3Cc2ccc(F)c(F)c2)n1. The number of aryl methyl sites for hydroxylation is 2. The Labute approximate surface area is 140 Å². The minimum Gasteiger partial charge on any atom is -0.338 e. The highest BCUT2D eigenvalue weighted by Crippen LogP contribution is 2.35. The second-order valence-electron chi connectivity index (χ2n) is 6.82.